The summed E-state index contributed by atoms with van der Waals surface area (Å²) in [6.45, 7) is 2.53. The molecule has 134 valence electrons. The fraction of sp³-hybridized carbons (Fsp3) is 0.0952. The van der Waals surface area contributed by atoms with E-state index in [1.54, 1.807) is 30.7 Å². The number of ether oxygens (including phenoxy) is 1. The minimum Gasteiger partial charge on any atom is -0.494 e. The van der Waals surface area contributed by atoms with Gasteiger partial charge in [0.15, 0.2) is 0 Å². The second-order valence-electron chi connectivity index (χ2n) is 5.96. The number of carbonyl (C=O) groups excluding carboxylic acids is 1. The highest BCUT2D eigenvalue weighted by atomic mass is 16.5. The average molecular weight is 358 g/mol. The zero-order valence-electron chi connectivity index (χ0n) is 14.8. The molecular formula is C21H18N4O2. The molecule has 0 saturated heterocycles. The van der Waals surface area contributed by atoms with Gasteiger partial charge in [-0.3, -0.25) is 9.97 Å². The Labute approximate surface area is 156 Å². The molecule has 4 rings (SSSR count). The predicted molar refractivity (Wildman–Crippen MR) is 107 cm³/mol. The molecule has 0 spiro atoms. The summed E-state index contributed by atoms with van der Waals surface area (Å²) in [4.78, 5) is 21.1. The Morgan fingerprint density at radius 3 is 2.70 bits per heavy atom. The van der Waals surface area contributed by atoms with Crippen LogP contribution < -0.4 is 15.4 Å². The number of pyridine rings is 2. The van der Waals surface area contributed by atoms with Crippen LogP contribution >= 0.6 is 0 Å². The highest BCUT2D eigenvalue weighted by molar-refractivity contribution is 6.14. The van der Waals surface area contributed by atoms with E-state index in [9.17, 15) is 4.79 Å². The number of carbonyl (C=O) groups is 1. The summed E-state index contributed by atoms with van der Waals surface area (Å²) >= 11 is 0. The molecular weight excluding hydrogens is 340 g/mol. The summed E-state index contributed by atoms with van der Waals surface area (Å²) in [7, 11) is 0. The smallest absolute Gasteiger partial charge is 0.323 e. The highest BCUT2D eigenvalue weighted by Gasteiger charge is 2.10. The van der Waals surface area contributed by atoms with Crippen molar-refractivity contribution in [3.05, 3.63) is 67.1 Å². The number of anilines is 2. The van der Waals surface area contributed by atoms with Gasteiger partial charge in [0, 0.05) is 35.1 Å². The normalized spacial score (nSPS) is 10.7. The number of urea groups is 1. The van der Waals surface area contributed by atoms with E-state index >= 15 is 0 Å². The molecule has 0 saturated carbocycles. The monoisotopic (exact) mass is 358 g/mol. The van der Waals surface area contributed by atoms with Crippen molar-refractivity contribution < 1.29 is 9.53 Å². The van der Waals surface area contributed by atoms with E-state index in [-0.39, 0.29) is 6.03 Å². The van der Waals surface area contributed by atoms with E-state index in [4.69, 9.17) is 4.74 Å². The molecule has 2 N–H and O–H groups in total. The standard InChI is InChI=1S/C21H18N4O2/c1-2-27-16-7-5-15(6-8-16)24-21(26)25-19-12-14-9-11-22-13-18(14)20-17(19)4-3-10-23-20/h3-13H,2H2,1H3,(H2,24,25,26). The Kier molecular flexibility index (Phi) is 4.53. The first kappa shape index (κ1) is 16.8. The van der Waals surface area contributed by atoms with E-state index in [1.807, 2.05) is 43.3 Å². The Balaban J connectivity index is 1.61. The number of aromatic nitrogens is 2. The van der Waals surface area contributed by atoms with Crippen molar-refractivity contribution in [3.8, 4) is 5.75 Å². The lowest BCUT2D eigenvalue weighted by Crippen LogP contribution is -2.19. The van der Waals surface area contributed by atoms with Crippen LogP contribution in [-0.2, 0) is 0 Å². The van der Waals surface area contributed by atoms with Gasteiger partial charge in [0.05, 0.1) is 17.8 Å². The van der Waals surface area contributed by atoms with E-state index < -0.39 is 0 Å². The van der Waals surface area contributed by atoms with Crippen LogP contribution in [0.5, 0.6) is 5.75 Å². The molecule has 0 aliphatic carbocycles. The summed E-state index contributed by atoms with van der Waals surface area (Å²) in [5.41, 5.74) is 2.18. The molecule has 27 heavy (non-hydrogen) atoms. The summed E-state index contributed by atoms with van der Waals surface area (Å²) in [6.07, 6.45) is 5.24. The molecule has 4 aromatic rings. The number of fused-ring (bicyclic) bond motifs is 3. The molecule has 2 amide bonds. The molecule has 0 fully saturated rings. The van der Waals surface area contributed by atoms with Gasteiger partial charge < -0.3 is 15.4 Å². The fourth-order valence-corrected chi connectivity index (χ4v) is 2.99. The minimum atomic E-state index is -0.322. The number of amides is 2. The topological polar surface area (TPSA) is 76.1 Å². The number of nitrogens with zero attached hydrogens (tertiary/aromatic N) is 2. The van der Waals surface area contributed by atoms with E-state index in [1.165, 1.54) is 0 Å². The first-order valence-electron chi connectivity index (χ1n) is 8.67. The van der Waals surface area contributed by atoms with Crippen LogP contribution in [0.1, 0.15) is 6.92 Å². The molecule has 2 heterocycles. The van der Waals surface area contributed by atoms with Gasteiger partial charge in [0.1, 0.15) is 5.75 Å². The second kappa shape index (κ2) is 7.29. The maximum absolute atomic E-state index is 12.5. The molecule has 0 aliphatic heterocycles. The molecule has 2 aromatic heterocycles. The van der Waals surface area contributed by atoms with Crippen molar-refractivity contribution >= 4 is 39.1 Å². The maximum Gasteiger partial charge on any atom is 0.323 e. The lowest BCUT2D eigenvalue weighted by molar-refractivity contribution is 0.262. The summed E-state index contributed by atoms with van der Waals surface area (Å²) in [6, 6.07) is 14.5. The Morgan fingerprint density at radius 1 is 1.04 bits per heavy atom. The summed E-state index contributed by atoms with van der Waals surface area (Å²) in [5.74, 6) is 0.767. The predicted octanol–water partition coefficient (Wildman–Crippen LogP) is 4.83. The van der Waals surface area contributed by atoms with Crippen LogP contribution in [0, 0.1) is 0 Å². The molecule has 6 nitrogen and oxygen atoms in total. The van der Waals surface area contributed by atoms with Crippen LogP contribution in [0.25, 0.3) is 21.7 Å². The minimum absolute atomic E-state index is 0.322. The maximum atomic E-state index is 12.5. The van der Waals surface area contributed by atoms with Crippen LogP contribution in [0.3, 0.4) is 0 Å². The third kappa shape index (κ3) is 3.50. The zero-order valence-corrected chi connectivity index (χ0v) is 14.8. The van der Waals surface area contributed by atoms with Gasteiger partial charge in [-0.25, -0.2) is 4.79 Å². The fourth-order valence-electron chi connectivity index (χ4n) is 2.99. The first-order chi connectivity index (χ1) is 13.2. The van der Waals surface area contributed by atoms with Crippen molar-refractivity contribution in [1.82, 2.24) is 9.97 Å². The Hall–Kier alpha value is -3.67. The SMILES string of the molecule is CCOc1ccc(NC(=O)Nc2cc3ccncc3c3ncccc23)cc1. The molecule has 0 aliphatic rings. The molecule has 0 bridgehead atoms. The lowest BCUT2D eigenvalue weighted by atomic mass is 10.1. The molecule has 0 unspecified atom stereocenters. The van der Waals surface area contributed by atoms with Gasteiger partial charge in [0.25, 0.3) is 0 Å². The van der Waals surface area contributed by atoms with E-state index in [0.717, 1.165) is 27.4 Å². The van der Waals surface area contributed by atoms with E-state index in [2.05, 4.69) is 20.6 Å². The lowest BCUT2D eigenvalue weighted by Gasteiger charge is -2.12. The van der Waals surface area contributed by atoms with Gasteiger partial charge >= 0.3 is 6.03 Å². The number of nitrogens with one attached hydrogen (secondary N) is 2. The third-order valence-corrected chi connectivity index (χ3v) is 4.18. The zero-order chi connectivity index (χ0) is 18.6. The largest absolute Gasteiger partial charge is 0.494 e. The van der Waals surface area contributed by atoms with Gasteiger partial charge in [-0.15, -0.1) is 0 Å². The van der Waals surface area contributed by atoms with Crippen molar-refractivity contribution in [2.75, 3.05) is 17.2 Å². The van der Waals surface area contributed by atoms with E-state index in [0.29, 0.717) is 18.0 Å². The van der Waals surface area contributed by atoms with Crippen molar-refractivity contribution in [1.29, 1.82) is 0 Å². The number of rotatable bonds is 4. The number of hydrogen-bond donors (Lipinski definition) is 2. The second-order valence-corrected chi connectivity index (χ2v) is 5.96. The van der Waals surface area contributed by atoms with Gasteiger partial charge in [0.2, 0.25) is 0 Å². The average Bonchev–Trinajstić information content (AvgIpc) is 2.70. The summed E-state index contributed by atoms with van der Waals surface area (Å²) in [5, 5.41) is 8.53. The van der Waals surface area contributed by atoms with Crippen molar-refractivity contribution in [2.45, 2.75) is 6.92 Å². The van der Waals surface area contributed by atoms with Crippen LogP contribution in [0.2, 0.25) is 0 Å². The number of benzene rings is 2. The Bertz CT molecular complexity index is 1110. The van der Waals surface area contributed by atoms with Crippen molar-refractivity contribution in [3.63, 3.8) is 0 Å². The van der Waals surface area contributed by atoms with Gasteiger partial charge in [-0.05, 0) is 60.8 Å². The molecule has 2 aromatic carbocycles. The first-order valence-corrected chi connectivity index (χ1v) is 8.67. The highest BCUT2D eigenvalue weighted by Crippen LogP contribution is 2.30. The van der Waals surface area contributed by atoms with Gasteiger partial charge in [-0.2, -0.15) is 0 Å². The van der Waals surface area contributed by atoms with Crippen molar-refractivity contribution in [2.24, 2.45) is 0 Å². The molecule has 6 heteroatoms. The van der Waals surface area contributed by atoms with Gasteiger partial charge in [-0.1, -0.05) is 0 Å². The summed E-state index contributed by atoms with van der Waals surface area (Å²) < 4.78 is 5.41. The van der Waals surface area contributed by atoms with Crippen LogP contribution in [-0.4, -0.2) is 22.6 Å². The Morgan fingerprint density at radius 2 is 1.89 bits per heavy atom. The third-order valence-electron chi connectivity index (χ3n) is 4.18. The van der Waals surface area contributed by atoms with Crippen LogP contribution in [0.4, 0.5) is 16.2 Å². The van der Waals surface area contributed by atoms with Crippen LogP contribution in [0.15, 0.2) is 67.1 Å². The number of hydrogen-bond acceptors (Lipinski definition) is 4. The molecule has 0 radical (unpaired) electrons. The quantitative estimate of drug-likeness (QED) is 0.513. The molecule has 0 atom stereocenters.